The number of quaternary nitrogens is 1. The second kappa shape index (κ2) is 8.72. The second-order valence-electron chi connectivity index (χ2n) is 6.60. The average Bonchev–Trinajstić information content (AvgIpc) is 3.12. The largest absolute Gasteiger partial charge is 0.623 e. The van der Waals surface area contributed by atoms with E-state index in [0.29, 0.717) is 24.4 Å². The van der Waals surface area contributed by atoms with Crippen LogP contribution in [0, 0.1) is 5.21 Å². The van der Waals surface area contributed by atoms with Crippen LogP contribution in [0.5, 0.6) is 0 Å². The molecule has 6 nitrogen and oxygen atoms in total. The Morgan fingerprint density at radius 2 is 1.92 bits per heavy atom. The first-order valence-electron chi connectivity index (χ1n) is 8.69. The molecule has 0 spiro atoms. The number of likely N-dealkylation sites (N-methyl/N-ethyl adjacent to an activating group) is 1. The van der Waals surface area contributed by atoms with Crippen LogP contribution in [0.4, 0.5) is 18.3 Å². The van der Waals surface area contributed by atoms with E-state index < -0.39 is 22.0 Å². The number of nitrogens with one attached hydrogen (secondary N) is 1. The van der Waals surface area contributed by atoms with Crippen molar-refractivity contribution in [2.75, 3.05) is 26.8 Å². The highest BCUT2D eigenvalue weighted by Gasteiger charge is 2.45. The maximum Gasteiger partial charge on any atom is 0.445 e. The quantitative estimate of drug-likeness (QED) is 0.403. The second-order valence-corrected chi connectivity index (χ2v) is 7.56. The van der Waals surface area contributed by atoms with E-state index in [2.05, 4.69) is 22.4 Å². The zero-order valence-corrected chi connectivity index (χ0v) is 15.5. The van der Waals surface area contributed by atoms with Gasteiger partial charge in [0.1, 0.15) is 6.67 Å². The van der Waals surface area contributed by atoms with Crippen molar-refractivity contribution in [1.82, 2.24) is 25.1 Å². The Kier molecular flexibility index (Phi) is 7.15. The highest BCUT2D eigenvalue weighted by molar-refractivity contribution is 7.15. The molecule has 2 heterocycles. The van der Waals surface area contributed by atoms with E-state index in [0.717, 1.165) is 12.8 Å². The third-order valence-electron chi connectivity index (χ3n) is 4.33. The van der Waals surface area contributed by atoms with Crippen LogP contribution in [-0.2, 0) is 6.18 Å². The van der Waals surface area contributed by atoms with Crippen molar-refractivity contribution in [1.29, 1.82) is 0 Å². The third kappa shape index (κ3) is 5.33. The number of hydrogen-bond acceptors (Lipinski definition) is 6. The topological polar surface area (TPSA) is 64.1 Å². The molecule has 1 aliphatic heterocycles. The van der Waals surface area contributed by atoms with Crippen LogP contribution in [0.2, 0.25) is 0 Å². The van der Waals surface area contributed by atoms with Gasteiger partial charge in [0.2, 0.25) is 5.01 Å². The van der Waals surface area contributed by atoms with Gasteiger partial charge in [-0.1, -0.05) is 44.1 Å². The van der Waals surface area contributed by atoms with Crippen molar-refractivity contribution >= 4 is 16.5 Å². The minimum absolute atomic E-state index is 0.0701. The van der Waals surface area contributed by atoms with Gasteiger partial charge in [-0.2, -0.15) is 13.2 Å². The molecule has 0 amide bonds. The van der Waals surface area contributed by atoms with Crippen molar-refractivity contribution in [2.24, 2.45) is 0 Å². The maximum absolute atomic E-state index is 13.2. The lowest BCUT2D eigenvalue weighted by Gasteiger charge is -2.39. The standard InChI is InChI=1S/C15H26F3N5OS/c1-3-4-5-6-7-8-9-19-12-10-22(2)11-23(12,24)14-21-20-13(25-14)15(16,17)18/h12,19H,3-11H2,1-2H3. The van der Waals surface area contributed by atoms with E-state index in [-0.39, 0.29) is 11.8 Å². The molecule has 0 radical (unpaired) electrons. The number of nitrogens with zero attached hydrogens (tertiary/aromatic N) is 4. The highest BCUT2D eigenvalue weighted by atomic mass is 32.1. The predicted octanol–water partition coefficient (Wildman–Crippen LogP) is 3.54. The van der Waals surface area contributed by atoms with Crippen LogP contribution in [0.1, 0.15) is 50.5 Å². The summed E-state index contributed by atoms with van der Waals surface area (Å²) >= 11 is 0.340. The van der Waals surface area contributed by atoms with Crippen LogP contribution < -0.4 is 9.96 Å². The van der Waals surface area contributed by atoms with Crippen molar-refractivity contribution in [3.63, 3.8) is 0 Å². The average molecular weight is 381 g/mol. The summed E-state index contributed by atoms with van der Waals surface area (Å²) in [7, 11) is 1.78. The van der Waals surface area contributed by atoms with E-state index >= 15 is 0 Å². The van der Waals surface area contributed by atoms with Crippen molar-refractivity contribution < 1.29 is 13.2 Å². The molecule has 25 heavy (non-hydrogen) atoms. The summed E-state index contributed by atoms with van der Waals surface area (Å²) in [5, 5.41) is 21.9. The molecule has 0 aromatic carbocycles. The van der Waals surface area contributed by atoms with Gasteiger partial charge in [-0.15, -0.1) is 5.10 Å². The fourth-order valence-electron chi connectivity index (χ4n) is 3.00. The molecule has 1 aliphatic rings. The Morgan fingerprint density at radius 1 is 1.24 bits per heavy atom. The molecule has 0 bridgehead atoms. The monoisotopic (exact) mass is 381 g/mol. The summed E-state index contributed by atoms with van der Waals surface area (Å²) in [5.41, 5.74) is 0. The van der Waals surface area contributed by atoms with Crippen LogP contribution in [0.15, 0.2) is 0 Å². The Morgan fingerprint density at radius 3 is 2.56 bits per heavy atom. The predicted molar refractivity (Wildman–Crippen MR) is 92.7 cm³/mol. The zero-order valence-electron chi connectivity index (χ0n) is 14.7. The molecule has 2 atom stereocenters. The van der Waals surface area contributed by atoms with E-state index in [1.54, 1.807) is 11.9 Å². The molecule has 0 aliphatic carbocycles. The van der Waals surface area contributed by atoms with Gasteiger partial charge in [0.25, 0.3) is 0 Å². The molecule has 1 N–H and O–H groups in total. The van der Waals surface area contributed by atoms with Gasteiger partial charge >= 0.3 is 11.3 Å². The number of hydroxylamine groups is 2. The molecule has 2 unspecified atom stereocenters. The molecule has 2 rings (SSSR count). The first-order valence-corrected chi connectivity index (χ1v) is 9.51. The molecule has 1 saturated heterocycles. The minimum Gasteiger partial charge on any atom is -0.623 e. The van der Waals surface area contributed by atoms with E-state index in [4.69, 9.17) is 0 Å². The van der Waals surface area contributed by atoms with Gasteiger partial charge in [-0.3, -0.25) is 14.9 Å². The SMILES string of the molecule is CCCCCCCCNC1CN(C)C[N+]1([O-])c1nnc(C(F)(F)F)s1. The maximum atomic E-state index is 13.2. The van der Waals surface area contributed by atoms with Crippen LogP contribution in [0.25, 0.3) is 0 Å². The fourth-order valence-corrected chi connectivity index (χ4v) is 3.80. The van der Waals surface area contributed by atoms with Gasteiger partial charge in [-0.25, -0.2) is 0 Å². The summed E-state index contributed by atoms with van der Waals surface area (Å²) < 4.78 is 37.3. The van der Waals surface area contributed by atoms with Gasteiger partial charge in [0, 0.05) is 6.54 Å². The van der Waals surface area contributed by atoms with Gasteiger partial charge in [0.15, 0.2) is 6.17 Å². The number of unbranched alkanes of at least 4 members (excludes halogenated alkanes) is 5. The Hall–Kier alpha value is -0.810. The lowest BCUT2D eigenvalue weighted by atomic mass is 10.1. The lowest BCUT2D eigenvalue weighted by molar-refractivity contribution is -0.138. The zero-order chi connectivity index (χ0) is 18.5. The summed E-state index contributed by atoms with van der Waals surface area (Å²) in [6.45, 7) is 3.39. The van der Waals surface area contributed by atoms with E-state index in [9.17, 15) is 18.4 Å². The van der Waals surface area contributed by atoms with Crippen LogP contribution in [0.3, 0.4) is 0 Å². The molecule has 144 valence electrons. The van der Waals surface area contributed by atoms with Crippen molar-refractivity contribution in [2.45, 2.75) is 57.8 Å². The summed E-state index contributed by atoms with van der Waals surface area (Å²) in [6, 6.07) is 0. The summed E-state index contributed by atoms with van der Waals surface area (Å²) in [4.78, 5) is 1.81. The van der Waals surface area contributed by atoms with E-state index in [1.165, 1.54) is 25.7 Å². The third-order valence-corrected chi connectivity index (χ3v) is 5.41. The molecule has 10 heteroatoms. The molecule has 1 fully saturated rings. The normalized spacial score (nSPS) is 25.0. The smallest absolute Gasteiger partial charge is 0.445 e. The number of aromatic nitrogens is 2. The van der Waals surface area contributed by atoms with Crippen LogP contribution in [-0.4, -0.2) is 48.1 Å². The Balaban J connectivity index is 1.92. The van der Waals surface area contributed by atoms with Gasteiger partial charge in [-0.05, 0) is 24.8 Å². The fraction of sp³-hybridized carbons (Fsp3) is 0.867. The minimum atomic E-state index is -4.57. The number of hydrogen-bond donors (Lipinski definition) is 1. The van der Waals surface area contributed by atoms with E-state index in [1.807, 2.05) is 0 Å². The Labute approximate surface area is 150 Å². The summed E-state index contributed by atoms with van der Waals surface area (Å²) in [6.07, 6.45) is 1.78. The Bertz CT molecular complexity index is 541. The molecule has 1 aromatic rings. The van der Waals surface area contributed by atoms with Gasteiger partial charge in [0.05, 0.1) is 6.54 Å². The number of alkyl halides is 3. The first-order chi connectivity index (χ1) is 11.8. The van der Waals surface area contributed by atoms with Crippen molar-refractivity contribution in [3.8, 4) is 0 Å². The van der Waals surface area contributed by atoms with Crippen LogP contribution >= 0.6 is 11.3 Å². The first kappa shape index (κ1) is 20.5. The summed E-state index contributed by atoms with van der Waals surface area (Å²) in [5.74, 6) is 0. The molecular weight excluding hydrogens is 355 g/mol. The molecular formula is C15H26F3N5OS. The molecule has 1 aromatic heterocycles. The molecule has 0 saturated carbocycles. The highest BCUT2D eigenvalue weighted by Crippen LogP contribution is 2.38. The van der Waals surface area contributed by atoms with Gasteiger partial charge < -0.3 is 5.21 Å². The lowest BCUT2D eigenvalue weighted by Crippen LogP contribution is -2.56. The van der Waals surface area contributed by atoms with Crippen molar-refractivity contribution in [3.05, 3.63) is 10.2 Å². The number of halogens is 3. The number of rotatable bonds is 9.